The Balaban J connectivity index is 2.19. The van der Waals surface area contributed by atoms with Crippen LogP contribution in [0.3, 0.4) is 0 Å². The summed E-state index contributed by atoms with van der Waals surface area (Å²) in [7, 11) is 0. The zero-order valence-corrected chi connectivity index (χ0v) is 14.0. The van der Waals surface area contributed by atoms with Gasteiger partial charge in [-0.3, -0.25) is 0 Å². The maximum Gasteiger partial charge on any atom is 0.126 e. The van der Waals surface area contributed by atoms with Gasteiger partial charge in [-0.25, -0.2) is 0 Å². The molecule has 0 saturated heterocycles. The lowest BCUT2D eigenvalue weighted by molar-refractivity contribution is 0.258. The van der Waals surface area contributed by atoms with E-state index in [0.717, 1.165) is 19.3 Å². The third kappa shape index (κ3) is 7.53. The van der Waals surface area contributed by atoms with E-state index in [-0.39, 0.29) is 19.0 Å². The second kappa shape index (κ2) is 12.0. The predicted molar refractivity (Wildman–Crippen MR) is 92.6 cm³/mol. The van der Waals surface area contributed by atoms with Gasteiger partial charge in [0.25, 0.3) is 0 Å². The molecule has 1 aromatic carbocycles. The number of rotatable bonds is 13. The zero-order chi connectivity index (χ0) is 16.9. The smallest absolute Gasteiger partial charge is 0.126 e. The number of aliphatic hydroxyl groups is 2. The third-order valence-electron chi connectivity index (χ3n) is 3.90. The van der Waals surface area contributed by atoms with Crippen LogP contribution in [-0.2, 0) is 13.2 Å². The van der Waals surface area contributed by atoms with Crippen molar-refractivity contribution < 1.29 is 20.1 Å². The van der Waals surface area contributed by atoms with Gasteiger partial charge >= 0.3 is 0 Å². The van der Waals surface area contributed by atoms with Crippen molar-refractivity contribution >= 4 is 0 Å². The van der Waals surface area contributed by atoms with E-state index in [1.54, 1.807) is 12.1 Å². The zero-order valence-electron chi connectivity index (χ0n) is 14.0. The summed E-state index contributed by atoms with van der Waals surface area (Å²) >= 11 is 0. The standard InChI is InChI=1S/C19H30O4/c1-2-3-4-5-6-7-8-9-10-11-23-18-12-16(14-20)19(22)17(13-18)15-21/h2,12-13,20-22H,1,3-11,14-15H2. The highest BCUT2D eigenvalue weighted by Crippen LogP contribution is 2.28. The van der Waals surface area contributed by atoms with Gasteiger partial charge in [0.2, 0.25) is 0 Å². The van der Waals surface area contributed by atoms with Gasteiger partial charge in [-0.05, 0) is 31.4 Å². The second-order valence-electron chi connectivity index (χ2n) is 5.81. The highest BCUT2D eigenvalue weighted by molar-refractivity contribution is 5.45. The molecule has 0 amide bonds. The van der Waals surface area contributed by atoms with E-state index in [2.05, 4.69) is 6.58 Å². The van der Waals surface area contributed by atoms with Crippen LogP contribution < -0.4 is 4.74 Å². The average Bonchev–Trinajstić information content (AvgIpc) is 2.57. The van der Waals surface area contributed by atoms with Gasteiger partial charge < -0.3 is 20.1 Å². The Labute approximate surface area is 139 Å². The monoisotopic (exact) mass is 322 g/mol. The van der Waals surface area contributed by atoms with Gasteiger partial charge in [0, 0.05) is 11.1 Å². The second-order valence-corrected chi connectivity index (χ2v) is 5.81. The molecule has 0 heterocycles. The van der Waals surface area contributed by atoms with Crippen molar-refractivity contribution in [3.8, 4) is 11.5 Å². The van der Waals surface area contributed by atoms with Crippen molar-refractivity contribution in [2.24, 2.45) is 0 Å². The highest BCUT2D eigenvalue weighted by Gasteiger charge is 2.09. The summed E-state index contributed by atoms with van der Waals surface area (Å²) in [4.78, 5) is 0. The van der Waals surface area contributed by atoms with Crippen LogP contribution in [0.1, 0.15) is 62.5 Å². The first kappa shape index (κ1) is 19.5. The fourth-order valence-electron chi connectivity index (χ4n) is 2.52. The SMILES string of the molecule is C=CCCCCCCCCCOc1cc(CO)c(O)c(CO)c1. The summed E-state index contributed by atoms with van der Waals surface area (Å²) in [5, 5.41) is 28.2. The van der Waals surface area contributed by atoms with E-state index in [0.29, 0.717) is 23.5 Å². The number of hydrogen-bond acceptors (Lipinski definition) is 4. The molecule has 3 N–H and O–H groups in total. The maximum absolute atomic E-state index is 9.78. The molecule has 0 aliphatic heterocycles. The van der Waals surface area contributed by atoms with Gasteiger partial charge in [0.05, 0.1) is 19.8 Å². The molecule has 0 aliphatic rings. The van der Waals surface area contributed by atoms with Crippen molar-refractivity contribution in [3.63, 3.8) is 0 Å². The van der Waals surface area contributed by atoms with E-state index in [1.165, 1.54) is 32.1 Å². The van der Waals surface area contributed by atoms with E-state index in [1.807, 2.05) is 6.08 Å². The number of phenols is 1. The summed E-state index contributed by atoms with van der Waals surface area (Å²) in [5.74, 6) is 0.527. The number of benzene rings is 1. The Morgan fingerprint density at radius 3 is 1.91 bits per heavy atom. The number of hydrogen-bond donors (Lipinski definition) is 3. The van der Waals surface area contributed by atoms with Crippen LogP contribution in [0.4, 0.5) is 0 Å². The quantitative estimate of drug-likeness (QED) is 0.378. The van der Waals surface area contributed by atoms with Crippen molar-refractivity contribution in [1.29, 1.82) is 0 Å². The molecule has 0 aliphatic carbocycles. The molecular weight excluding hydrogens is 292 g/mol. The molecule has 1 rings (SSSR count). The molecular formula is C19H30O4. The number of aromatic hydroxyl groups is 1. The minimum absolute atomic E-state index is 0.0567. The Bertz CT molecular complexity index is 432. The van der Waals surface area contributed by atoms with Crippen LogP contribution in [0, 0.1) is 0 Å². The molecule has 130 valence electrons. The van der Waals surface area contributed by atoms with Gasteiger partial charge in [-0.2, -0.15) is 0 Å². The lowest BCUT2D eigenvalue weighted by atomic mass is 10.1. The fourth-order valence-corrected chi connectivity index (χ4v) is 2.52. The minimum Gasteiger partial charge on any atom is -0.507 e. The first-order valence-electron chi connectivity index (χ1n) is 8.53. The molecule has 0 aromatic heterocycles. The molecule has 4 heteroatoms. The lowest BCUT2D eigenvalue weighted by Gasteiger charge is -2.11. The number of aliphatic hydroxyl groups excluding tert-OH is 2. The first-order chi connectivity index (χ1) is 11.2. The Hall–Kier alpha value is -1.52. The van der Waals surface area contributed by atoms with Gasteiger partial charge in [0.15, 0.2) is 0 Å². The molecule has 0 spiro atoms. The summed E-state index contributed by atoms with van der Waals surface area (Å²) in [6.07, 6.45) is 11.5. The van der Waals surface area contributed by atoms with Crippen LogP contribution >= 0.6 is 0 Å². The minimum atomic E-state index is -0.276. The topological polar surface area (TPSA) is 69.9 Å². The Morgan fingerprint density at radius 2 is 1.39 bits per heavy atom. The van der Waals surface area contributed by atoms with Crippen LogP contribution in [0.15, 0.2) is 24.8 Å². The molecule has 0 unspecified atom stereocenters. The lowest BCUT2D eigenvalue weighted by Crippen LogP contribution is -2.00. The van der Waals surface area contributed by atoms with Crippen molar-refractivity contribution in [1.82, 2.24) is 0 Å². The fraction of sp³-hybridized carbons (Fsp3) is 0.579. The normalized spacial score (nSPS) is 10.7. The van der Waals surface area contributed by atoms with E-state index in [9.17, 15) is 15.3 Å². The van der Waals surface area contributed by atoms with Crippen molar-refractivity contribution in [2.75, 3.05) is 6.61 Å². The van der Waals surface area contributed by atoms with Gasteiger partial charge in [0.1, 0.15) is 11.5 Å². The van der Waals surface area contributed by atoms with Gasteiger partial charge in [-0.1, -0.05) is 38.2 Å². The number of allylic oxidation sites excluding steroid dienone is 1. The molecule has 0 fully saturated rings. The largest absolute Gasteiger partial charge is 0.507 e. The van der Waals surface area contributed by atoms with Crippen molar-refractivity contribution in [2.45, 2.75) is 64.6 Å². The summed E-state index contributed by atoms with van der Waals surface area (Å²) in [5.41, 5.74) is 0.761. The number of ether oxygens (including phenoxy) is 1. The Kier molecular flexibility index (Phi) is 10.2. The summed E-state index contributed by atoms with van der Waals surface area (Å²) in [6.45, 7) is 3.78. The van der Waals surface area contributed by atoms with E-state index < -0.39 is 0 Å². The predicted octanol–water partition coefficient (Wildman–Crippen LogP) is 4.06. The first-order valence-corrected chi connectivity index (χ1v) is 8.53. The molecule has 4 nitrogen and oxygen atoms in total. The molecule has 23 heavy (non-hydrogen) atoms. The highest BCUT2D eigenvalue weighted by atomic mass is 16.5. The van der Waals surface area contributed by atoms with Gasteiger partial charge in [-0.15, -0.1) is 6.58 Å². The van der Waals surface area contributed by atoms with Crippen LogP contribution in [0.25, 0.3) is 0 Å². The molecule has 0 saturated carbocycles. The van der Waals surface area contributed by atoms with Crippen LogP contribution in [0.2, 0.25) is 0 Å². The summed E-state index contributed by atoms with van der Waals surface area (Å²) < 4.78 is 5.66. The molecule has 1 aromatic rings. The van der Waals surface area contributed by atoms with Crippen molar-refractivity contribution in [3.05, 3.63) is 35.9 Å². The summed E-state index contributed by atoms with van der Waals surface area (Å²) in [6, 6.07) is 3.24. The molecule has 0 radical (unpaired) electrons. The average molecular weight is 322 g/mol. The van der Waals surface area contributed by atoms with E-state index in [4.69, 9.17) is 4.74 Å². The van der Waals surface area contributed by atoms with Crippen LogP contribution in [0.5, 0.6) is 11.5 Å². The van der Waals surface area contributed by atoms with Crippen LogP contribution in [-0.4, -0.2) is 21.9 Å². The Morgan fingerprint density at radius 1 is 0.870 bits per heavy atom. The third-order valence-corrected chi connectivity index (χ3v) is 3.90. The molecule has 0 bridgehead atoms. The molecule has 0 atom stereocenters. The van der Waals surface area contributed by atoms with E-state index >= 15 is 0 Å². The maximum atomic E-state index is 9.78. The number of unbranched alkanes of at least 4 members (excludes halogenated alkanes) is 7.